The number of hydrogen-bond acceptors (Lipinski definition) is 5. The van der Waals surface area contributed by atoms with E-state index in [-0.39, 0.29) is 17.9 Å². The zero-order valence-corrected chi connectivity index (χ0v) is 14.7. The van der Waals surface area contributed by atoms with Crippen LogP contribution < -0.4 is 10.6 Å². The first kappa shape index (κ1) is 17.6. The maximum atomic E-state index is 12.4. The summed E-state index contributed by atoms with van der Waals surface area (Å²) < 4.78 is 0. The fourth-order valence-electron chi connectivity index (χ4n) is 2.68. The van der Waals surface area contributed by atoms with Gasteiger partial charge in [-0.25, -0.2) is 0 Å². The van der Waals surface area contributed by atoms with Gasteiger partial charge in [-0.2, -0.15) is 0 Å². The molecule has 1 unspecified atom stereocenters. The summed E-state index contributed by atoms with van der Waals surface area (Å²) in [5, 5.41) is 6.32. The number of carbonyl (C=O) groups excluding carboxylic acids is 2. The van der Waals surface area contributed by atoms with Gasteiger partial charge in [0.15, 0.2) is 0 Å². The van der Waals surface area contributed by atoms with Crippen molar-refractivity contribution in [2.24, 2.45) is 5.41 Å². The van der Waals surface area contributed by atoms with Crippen LogP contribution in [-0.2, 0) is 9.59 Å². The number of amides is 2. The van der Waals surface area contributed by atoms with Crippen molar-refractivity contribution >= 4 is 23.6 Å². The molecule has 0 aliphatic carbocycles. The molecule has 0 bridgehead atoms. The molecule has 2 N–H and O–H groups in total. The van der Waals surface area contributed by atoms with Gasteiger partial charge in [-0.05, 0) is 0 Å². The fraction of sp³-hybridized carbons (Fsp3) is 0.867. The molecule has 0 aromatic rings. The van der Waals surface area contributed by atoms with E-state index in [0.29, 0.717) is 18.2 Å². The molecule has 2 amide bonds. The normalized spacial score (nSPS) is 23.6. The Balaban J connectivity index is 1.79. The van der Waals surface area contributed by atoms with Crippen LogP contribution in [0, 0.1) is 5.41 Å². The second kappa shape index (κ2) is 7.66. The molecule has 0 saturated carbocycles. The Bertz CT molecular complexity index is 405. The number of nitrogens with zero attached hydrogens (tertiary/aromatic N) is 2. The molecule has 0 aromatic carbocycles. The van der Waals surface area contributed by atoms with Crippen LogP contribution in [0.25, 0.3) is 0 Å². The van der Waals surface area contributed by atoms with Crippen LogP contribution in [0.15, 0.2) is 0 Å². The predicted molar refractivity (Wildman–Crippen MR) is 89.7 cm³/mol. The third-order valence-corrected chi connectivity index (χ3v) is 5.04. The molecule has 2 fully saturated rings. The molecule has 0 aromatic heterocycles. The molecule has 2 rings (SSSR count). The molecule has 126 valence electrons. The molecule has 6 nitrogen and oxygen atoms in total. The predicted octanol–water partition coefficient (Wildman–Crippen LogP) is -0.0446. The van der Waals surface area contributed by atoms with E-state index in [0.717, 1.165) is 32.7 Å². The molecule has 1 atom stereocenters. The molecule has 22 heavy (non-hydrogen) atoms. The highest BCUT2D eigenvalue weighted by Gasteiger charge is 2.38. The molecule has 0 radical (unpaired) electrons. The van der Waals surface area contributed by atoms with Gasteiger partial charge in [0.2, 0.25) is 11.8 Å². The average molecular weight is 328 g/mol. The van der Waals surface area contributed by atoms with Crippen LogP contribution >= 0.6 is 11.8 Å². The minimum Gasteiger partial charge on any atom is -0.353 e. The highest BCUT2D eigenvalue weighted by Crippen LogP contribution is 2.27. The Hall–Kier alpha value is -0.790. The molecule has 2 aliphatic rings. The Morgan fingerprint density at radius 1 is 1.27 bits per heavy atom. The summed E-state index contributed by atoms with van der Waals surface area (Å²) in [7, 11) is 0. The number of thioether (sulfide) groups is 1. The zero-order chi connectivity index (χ0) is 16.2. The van der Waals surface area contributed by atoms with E-state index in [4.69, 9.17) is 0 Å². The van der Waals surface area contributed by atoms with Crippen molar-refractivity contribution in [3.8, 4) is 0 Å². The largest absolute Gasteiger partial charge is 0.353 e. The van der Waals surface area contributed by atoms with E-state index in [1.165, 1.54) is 0 Å². The highest BCUT2D eigenvalue weighted by atomic mass is 32.2. The van der Waals surface area contributed by atoms with Crippen molar-refractivity contribution in [2.45, 2.75) is 26.8 Å². The summed E-state index contributed by atoms with van der Waals surface area (Å²) in [6.07, 6.45) is 0. The molecule has 0 spiro atoms. The van der Waals surface area contributed by atoms with Gasteiger partial charge in [0.25, 0.3) is 0 Å². The van der Waals surface area contributed by atoms with Gasteiger partial charge in [-0.1, -0.05) is 20.8 Å². The number of nitrogens with one attached hydrogen (secondary N) is 2. The van der Waals surface area contributed by atoms with Gasteiger partial charge in [0.05, 0.1) is 5.88 Å². The van der Waals surface area contributed by atoms with Crippen LogP contribution in [0.5, 0.6) is 0 Å². The summed E-state index contributed by atoms with van der Waals surface area (Å²) in [6, 6.07) is -0.320. The molecule has 7 heteroatoms. The van der Waals surface area contributed by atoms with E-state index < -0.39 is 5.41 Å². The first-order chi connectivity index (χ1) is 10.4. The van der Waals surface area contributed by atoms with Gasteiger partial charge >= 0.3 is 0 Å². The minimum absolute atomic E-state index is 0.0160. The lowest BCUT2D eigenvalue weighted by Gasteiger charge is -2.30. The van der Waals surface area contributed by atoms with Crippen molar-refractivity contribution in [3.63, 3.8) is 0 Å². The SMILES string of the molecule is CC(C)(C)C(=O)N1CSCC1C(=O)NCCN1CCNCC1. The standard InChI is InChI=1S/C15H28N4O2S/c1-15(2,3)14(21)19-11-22-10-12(19)13(20)17-6-9-18-7-4-16-5-8-18/h12,16H,4-11H2,1-3H3,(H,17,20). The quantitative estimate of drug-likeness (QED) is 0.758. The van der Waals surface area contributed by atoms with E-state index in [1.807, 2.05) is 20.8 Å². The Morgan fingerprint density at radius 3 is 2.59 bits per heavy atom. The Labute approximate surface area is 137 Å². The van der Waals surface area contributed by atoms with Crippen molar-refractivity contribution in [2.75, 3.05) is 50.9 Å². The second-order valence-electron chi connectivity index (χ2n) is 6.92. The van der Waals surface area contributed by atoms with Crippen LogP contribution in [0.3, 0.4) is 0 Å². The smallest absolute Gasteiger partial charge is 0.243 e. The average Bonchev–Trinajstić information content (AvgIpc) is 2.95. The van der Waals surface area contributed by atoms with Crippen molar-refractivity contribution in [1.82, 2.24) is 20.4 Å². The van der Waals surface area contributed by atoms with Crippen LogP contribution in [0.1, 0.15) is 20.8 Å². The molecule has 2 saturated heterocycles. The number of piperazine rings is 1. The maximum absolute atomic E-state index is 12.4. The van der Waals surface area contributed by atoms with E-state index in [2.05, 4.69) is 15.5 Å². The first-order valence-electron chi connectivity index (χ1n) is 7.99. The molecular weight excluding hydrogens is 300 g/mol. The van der Waals surface area contributed by atoms with Gasteiger partial charge in [-0.3, -0.25) is 14.5 Å². The monoisotopic (exact) mass is 328 g/mol. The molecule has 2 heterocycles. The number of rotatable bonds is 4. The van der Waals surface area contributed by atoms with Crippen molar-refractivity contribution < 1.29 is 9.59 Å². The number of carbonyl (C=O) groups is 2. The van der Waals surface area contributed by atoms with Gasteiger partial charge in [-0.15, -0.1) is 11.8 Å². The van der Waals surface area contributed by atoms with Crippen LogP contribution in [0.4, 0.5) is 0 Å². The lowest BCUT2D eigenvalue weighted by molar-refractivity contribution is -0.144. The Kier molecular flexibility index (Phi) is 6.11. The topological polar surface area (TPSA) is 64.7 Å². The van der Waals surface area contributed by atoms with Crippen LogP contribution in [0.2, 0.25) is 0 Å². The van der Waals surface area contributed by atoms with Crippen LogP contribution in [-0.4, -0.2) is 78.6 Å². The maximum Gasteiger partial charge on any atom is 0.243 e. The van der Waals surface area contributed by atoms with Gasteiger partial charge in [0, 0.05) is 50.4 Å². The molecule has 2 aliphatic heterocycles. The minimum atomic E-state index is -0.440. The fourth-order valence-corrected chi connectivity index (χ4v) is 3.83. The van der Waals surface area contributed by atoms with Gasteiger partial charge in [0.1, 0.15) is 6.04 Å². The zero-order valence-electron chi connectivity index (χ0n) is 13.9. The lowest BCUT2D eigenvalue weighted by atomic mass is 9.94. The van der Waals surface area contributed by atoms with E-state index in [9.17, 15) is 9.59 Å². The van der Waals surface area contributed by atoms with E-state index >= 15 is 0 Å². The summed E-state index contributed by atoms with van der Waals surface area (Å²) in [6.45, 7) is 11.3. The molecular formula is C15H28N4O2S. The van der Waals surface area contributed by atoms with Crippen molar-refractivity contribution in [1.29, 1.82) is 0 Å². The second-order valence-corrected chi connectivity index (χ2v) is 7.92. The summed E-state index contributed by atoms with van der Waals surface area (Å²) in [4.78, 5) is 28.9. The third kappa shape index (κ3) is 4.60. The van der Waals surface area contributed by atoms with E-state index in [1.54, 1.807) is 16.7 Å². The third-order valence-electron chi connectivity index (χ3n) is 4.02. The van der Waals surface area contributed by atoms with Gasteiger partial charge < -0.3 is 15.5 Å². The summed E-state index contributed by atoms with van der Waals surface area (Å²) >= 11 is 1.65. The number of hydrogen-bond donors (Lipinski definition) is 2. The summed E-state index contributed by atoms with van der Waals surface area (Å²) in [5.74, 6) is 1.35. The van der Waals surface area contributed by atoms with Crippen molar-refractivity contribution in [3.05, 3.63) is 0 Å². The highest BCUT2D eigenvalue weighted by molar-refractivity contribution is 7.99. The lowest BCUT2D eigenvalue weighted by Crippen LogP contribution is -2.52. The summed E-state index contributed by atoms with van der Waals surface area (Å²) in [5.41, 5.74) is -0.440. The first-order valence-corrected chi connectivity index (χ1v) is 9.14. The Morgan fingerprint density at radius 2 is 1.95 bits per heavy atom.